The predicted molar refractivity (Wildman–Crippen MR) is 137 cm³/mol. The zero-order valence-electron chi connectivity index (χ0n) is 19.3. The van der Waals surface area contributed by atoms with Crippen LogP contribution in [0.4, 0.5) is 5.69 Å². The molecule has 35 heavy (non-hydrogen) atoms. The van der Waals surface area contributed by atoms with Crippen LogP contribution in [0.1, 0.15) is 21.5 Å². The fraction of sp³-hybridized carbons (Fsp3) is 0.0714. The third kappa shape index (κ3) is 3.63. The molecular formula is C28H22N6O. The average molecular weight is 459 g/mol. The van der Waals surface area contributed by atoms with Crippen molar-refractivity contribution in [1.82, 2.24) is 24.6 Å². The van der Waals surface area contributed by atoms with Gasteiger partial charge in [0.2, 0.25) is 0 Å². The van der Waals surface area contributed by atoms with Crippen molar-refractivity contribution in [3.05, 3.63) is 102 Å². The van der Waals surface area contributed by atoms with E-state index in [9.17, 15) is 4.79 Å². The fourth-order valence-electron chi connectivity index (χ4n) is 4.61. The van der Waals surface area contributed by atoms with E-state index >= 15 is 0 Å². The highest BCUT2D eigenvalue weighted by molar-refractivity contribution is 6.09. The number of fused-ring (bicyclic) bond motifs is 2. The van der Waals surface area contributed by atoms with Crippen LogP contribution in [0.3, 0.4) is 0 Å². The standard InChI is InChI=1S/C28H22N6O/c1-17-5-3-6-18(2)26(17)20-11-22-23(15-31-27(22)30-13-20)19-8-10-34-25(12-19)24(16-32-34)28(35)33-21-7-4-9-29-14-21/h3-16H,1-2H3,(H,30,31)(H,33,35). The van der Waals surface area contributed by atoms with Gasteiger partial charge in [0.1, 0.15) is 5.65 Å². The smallest absolute Gasteiger partial charge is 0.259 e. The van der Waals surface area contributed by atoms with E-state index in [1.807, 2.05) is 30.7 Å². The number of nitrogens with one attached hydrogen (secondary N) is 2. The zero-order chi connectivity index (χ0) is 23.9. The third-order valence-corrected chi connectivity index (χ3v) is 6.30. The number of nitrogens with zero attached hydrogens (tertiary/aromatic N) is 4. The quantitative estimate of drug-likeness (QED) is 0.349. The van der Waals surface area contributed by atoms with Crippen LogP contribution in [0.5, 0.6) is 0 Å². The van der Waals surface area contributed by atoms with Crippen molar-refractivity contribution in [3.63, 3.8) is 0 Å². The lowest BCUT2D eigenvalue weighted by atomic mass is 9.95. The van der Waals surface area contributed by atoms with Gasteiger partial charge in [-0.3, -0.25) is 9.78 Å². The summed E-state index contributed by atoms with van der Waals surface area (Å²) in [6.07, 6.45) is 10.6. The van der Waals surface area contributed by atoms with Gasteiger partial charge in [0.15, 0.2) is 0 Å². The number of pyridine rings is 3. The van der Waals surface area contributed by atoms with Crippen LogP contribution in [0.25, 0.3) is 38.8 Å². The Hall–Kier alpha value is -4.78. The second kappa shape index (κ2) is 8.22. The Morgan fingerprint density at radius 3 is 2.63 bits per heavy atom. The van der Waals surface area contributed by atoms with Crippen molar-refractivity contribution >= 4 is 28.1 Å². The number of carbonyl (C=O) groups excluding carboxylic acids is 1. The molecule has 7 nitrogen and oxygen atoms in total. The Kier molecular flexibility index (Phi) is 4.88. The molecule has 0 fully saturated rings. The third-order valence-electron chi connectivity index (χ3n) is 6.30. The molecule has 0 bridgehead atoms. The van der Waals surface area contributed by atoms with Crippen molar-refractivity contribution in [1.29, 1.82) is 0 Å². The summed E-state index contributed by atoms with van der Waals surface area (Å²) in [6, 6.07) is 16.1. The maximum atomic E-state index is 13.0. The summed E-state index contributed by atoms with van der Waals surface area (Å²) in [6.45, 7) is 4.24. The largest absolute Gasteiger partial charge is 0.346 e. The Labute approximate surface area is 201 Å². The number of amides is 1. The van der Waals surface area contributed by atoms with Gasteiger partial charge in [-0.05, 0) is 66.4 Å². The lowest BCUT2D eigenvalue weighted by Gasteiger charge is -2.10. The van der Waals surface area contributed by atoms with E-state index in [1.165, 1.54) is 16.7 Å². The van der Waals surface area contributed by atoms with Crippen LogP contribution >= 0.6 is 0 Å². The molecule has 170 valence electrons. The number of H-pyrrole nitrogens is 1. The van der Waals surface area contributed by atoms with Crippen molar-refractivity contribution in [2.45, 2.75) is 13.8 Å². The first-order valence-corrected chi connectivity index (χ1v) is 11.3. The number of aromatic amines is 1. The first-order chi connectivity index (χ1) is 17.1. The molecule has 0 spiro atoms. The van der Waals surface area contributed by atoms with Crippen LogP contribution < -0.4 is 5.32 Å². The number of hydrogen-bond acceptors (Lipinski definition) is 4. The maximum absolute atomic E-state index is 13.0. The van der Waals surface area contributed by atoms with Gasteiger partial charge in [-0.1, -0.05) is 18.2 Å². The highest BCUT2D eigenvalue weighted by Gasteiger charge is 2.16. The molecule has 0 aliphatic heterocycles. The lowest BCUT2D eigenvalue weighted by molar-refractivity contribution is 0.102. The molecule has 5 heterocycles. The molecule has 0 atom stereocenters. The SMILES string of the molecule is Cc1cccc(C)c1-c1cnc2[nH]cc(-c3ccn4ncc(C(=O)Nc5cccnc5)c4c3)c2c1. The molecule has 0 radical (unpaired) electrons. The summed E-state index contributed by atoms with van der Waals surface area (Å²) in [5, 5.41) is 8.27. The first kappa shape index (κ1) is 20.8. The van der Waals surface area contributed by atoms with Gasteiger partial charge in [0.05, 0.1) is 29.2 Å². The number of carbonyl (C=O) groups is 1. The number of aromatic nitrogens is 5. The molecule has 0 saturated heterocycles. The van der Waals surface area contributed by atoms with Crippen molar-refractivity contribution in [2.24, 2.45) is 0 Å². The minimum absolute atomic E-state index is 0.233. The van der Waals surface area contributed by atoms with Crippen molar-refractivity contribution < 1.29 is 4.79 Å². The lowest BCUT2D eigenvalue weighted by Crippen LogP contribution is -2.11. The number of aryl methyl sites for hydroxylation is 2. The Bertz CT molecular complexity index is 1690. The van der Waals surface area contributed by atoms with Gasteiger partial charge in [0, 0.05) is 41.3 Å². The van der Waals surface area contributed by atoms with Gasteiger partial charge in [-0.15, -0.1) is 0 Å². The van der Waals surface area contributed by atoms with Crippen molar-refractivity contribution in [2.75, 3.05) is 5.32 Å². The molecule has 5 aromatic heterocycles. The topological polar surface area (TPSA) is 88.0 Å². The molecule has 0 aliphatic carbocycles. The summed E-state index contributed by atoms with van der Waals surface area (Å²) < 4.78 is 1.71. The van der Waals surface area contributed by atoms with Crippen LogP contribution in [-0.2, 0) is 0 Å². The highest BCUT2D eigenvalue weighted by Crippen LogP contribution is 2.34. The van der Waals surface area contributed by atoms with Crippen LogP contribution in [0, 0.1) is 13.8 Å². The number of hydrogen-bond donors (Lipinski definition) is 2. The fourth-order valence-corrected chi connectivity index (χ4v) is 4.61. The Balaban J connectivity index is 1.43. The van der Waals surface area contributed by atoms with E-state index in [4.69, 9.17) is 0 Å². The molecule has 1 aromatic carbocycles. The Morgan fingerprint density at radius 2 is 1.83 bits per heavy atom. The van der Waals surface area contributed by atoms with E-state index < -0.39 is 0 Å². The minimum Gasteiger partial charge on any atom is -0.346 e. The van der Waals surface area contributed by atoms with Gasteiger partial charge >= 0.3 is 0 Å². The molecular weight excluding hydrogens is 436 g/mol. The molecule has 0 unspecified atom stereocenters. The molecule has 1 amide bonds. The molecule has 6 rings (SSSR count). The maximum Gasteiger partial charge on any atom is 0.259 e. The normalized spacial score (nSPS) is 11.3. The van der Waals surface area contributed by atoms with Gasteiger partial charge in [-0.25, -0.2) is 9.50 Å². The van der Waals surface area contributed by atoms with E-state index in [-0.39, 0.29) is 5.91 Å². The van der Waals surface area contributed by atoms with Crippen LogP contribution in [0.15, 0.2) is 85.7 Å². The molecule has 7 heteroatoms. The molecule has 6 aromatic rings. The first-order valence-electron chi connectivity index (χ1n) is 11.3. The van der Waals surface area contributed by atoms with Crippen LogP contribution in [-0.4, -0.2) is 30.5 Å². The van der Waals surface area contributed by atoms with Crippen molar-refractivity contribution in [3.8, 4) is 22.3 Å². The van der Waals surface area contributed by atoms with Gasteiger partial charge in [-0.2, -0.15) is 5.10 Å². The predicted octanol–water partition coefficient (Wildman–Crippen LogP) is 5.81. The van der Waals surface area contributed by atoms with Crippen LogP contribution in [0.2, 0.25) is 0 Å². The zero-order valence-corrected chi connectivity index (χ0v) is 19.3. The number of anilines is 1. The van der Waals surface area contributed by atoms with E-state index in [1.54, 1.807) is 35.2 Å². The second-order valence-corrected chi connectivity index (χ2v) is 8.59. The summed E-state index contributed by atoms with van der Waals surface area (Å²) in [5.41, 5.74) is 9.37. The van der Waals surface area contributed by atoms with E-state index in [2.05, 4.69) is 63.5 Å². The summed E-state index contributed by atoms with van der Waals surface area (Å²) in [4.78, 5) is 25.0. The summed E-state index contributed by atoms with van der Waals surface area (Å²) >= 11 is 0. The summed E-state index contributed by atoms with van der Waals surface area (Å²) in [7, 11) is 0. The number of benzene rings is 1. The molecule has 0 aliphatic rings. The highest BCUT2D eigenvalue weighted by atomic mass is 16.1. The molecule has 0 saturated carbocycles. The summed E-state index contributed by atoms with van der Waals surface area (Å²) in [5.74, 6) is -0.233. The number of rotatable bonds is 4. The average Bonchev–Trinajstić information content (AvgIpc) is 3.48. The van der Waals surface area contributed by atoms with Gasteiger partial charge in [0.25, 0.3) is 5.91 Å². The van der Waals surface area contributed by atoms with E-state index in [0.717, 1.165) is 33.2 Å². The van der Waals surface area contributed by atoms with E-state index in [0.29, 0.717) is 11.3 Å². The minimum atomic E-state index is -0.233. The second-order valence-electron chi connectivity index (χ2n) is 8.59. The van der Waals surface area contributed by atoms with Gasteiger partial charge < -0.3 is 10.3 Å². The Morgan fingerprint density at radius 1 is 0.971 bits per heavy atom. The molecule has 2 N–H and O–H groups in total. The monoisotopic (exact) mass is 458 g/mol.